The first-order valence-electron chi connectivity index (χ1n) is 9.39. The van der Waals surface area contributed by atoms with E-state index in [1.165, 1.54) is 0 Å². The van der Waals surface area contributed by atoms with Crippen molar-refractivity contribution in [2.24, 2.45) is 5.92 Å². The SMILES string of the molecule is COc1ccc(OC)c(CCC(=O)NC2CCN(C(=O)C3CC3)CC2)c1. The first-order chi connectivity index (χ1) is 12.6. The van der Waals surface area contributed by atoms with Gasteiger partial charge in [-0.15, -0.1) is 0 Å². The number of carbonyl (C=O) groups is 2. The molecule has 3 rings (SSSR count). The lowest BCUT2D eigenvalue weighted by atomic mass is 10.0. The van der Waals surface area contributed by atoms with Crippen LogP contribution in [0.5, 0.6) is 11.5 Å². The van der Waals surface area contributed by atoms with Crippen LogP contribution in [0.25, 0.3) is 0 Å². The first-order valence-corrected chi connectivity index (χ1v) is 9.39. The topological polar surface area (TPSA) is 67.9 Å². The van der Waals surface area contributed by atoms with Crippen LogP contribution in [-0.2, 0) is 16.0 Å². The van der Waals surface area contributed by atoms with Gasteiger partial charge in [-0.25, -0.2) is 0 Å². The lowest BCUT2D eigenvalue weighted by molar-refractivity contribution is -0.133. The molecule has 26 heavy (non-hydrogen) atoms. The zero-order valence-electron chi connectivity index (χ0n) is 15.6. The van der Waals surface area contributed by atoms with E-state index in [9.17, 15) is 9.59 Å². The van der Waals surface area contributed by atoms with E-state index < -0.39 is 0 Å². The Morgan fingerprint density at radius 3 is 2.46 bits per heavy atom. The van der Waals surface area contributed by atoms with Gasteiger partial charge in [0.1, 0.15) is 11.5 Å². The number of aryl methyl sites for hydroxylation is 1. The first kappa shape index (κ1) is 18.5. The summed E-state index contributed by atoms with van der Waals surface area (Å²) in [5.74, 6) is 2.15. The monoisotopic (exact) mass is 360 g/mol. The molecule has 0 radical (unpaired) electrons. The predicted molar refractivity (Wildman–Crippen MR) is 98.3 cm³/mol. The van der Waals surface area contributed by atoms with E-state index in [1.54, 1.807) is 14.2 Å². The minimum absolute atomic E-state index is 0.0434. The van der Waals surface area contributed by atoms with Gasteiger partial charge in [0, 0.05) is 31.5 Å². The van der Waals surface area contributed by atoms with Crippen molar-refractivity contribution in [3.8, 4) is 11.5 Å². The van der Waals surface area contributed by atoms with Gasteiger partial charge in [-0.3, -0.25) is 9.59 Å². The summed E-state index contributed by atoms with van der Waals surface area (Å²) in [5, 5.41) is 3.11. The maximum atomic E-state index is 12.3. The summed E-state index contributed by atoms with van der Waals surface area (Å²) in [6, 6.07) is 5.78. The van der Waals surface area contributed by atoms with Crippen molar-refractivity contribution in [1.82, 2.24) is 10.2 Å². The highest BCUT2D eigenvalue weighted by atomic mass is 16.5. The van der Waals surface area contributed by atoms with Crippen molar-refractivity contribution in [3.05, 3.63) is 23.8 Å². The third-order valence-corrected chi connectivity index (χ3v) is 5.21. The molecule has 2 fully saturated rings. The van der Waals surface area contributed by atoms with Crippen molar-refractivity contribution in [3.63, 3.8) is 0 Å². The van der Waals surface area contributed by atoms with Gasteiger partial charge in [-0.05, 0) is 55.9 Å². The molecule has 1 aliphatic carbocycles. The van der Waals surface area contributed by atoms with Gasteiger partial charge in [0.25, 0.3) is 0 Å². The van der Waals surface area contributed by atoms with E-state index in [0.717, 1.165) is 55.8 Å². The summed E-state index contributed by atoms with van der Waals surface area (Å²) < 4.78 is 10.6. The number of benzene rings is 1. The molecule has 1 saturated carbocycles. The van der Waals surface area contributed by atoms with E-state index in [-0.39, 0.29) is 17.9 Å². The molecule has 6 heteroatoms. The molecule has 6 nitrogen and oxygen atoms in total. The standard InChI is InChI=1S/C20H28N2O4/c1-25-17-6-7-18(26-2)15(13-17)5-8-19(23)21-16-9-11-22(12-10-16)20(24)14-3-4-14/h6-7,13-14,16H,3-5,8-12H2,1-2H3,(H,21,23). The fraction of sp³-hybridized carbons (Fsp3) is 0.600. The van der Waals surface area contributed by atoms with Crippen LogP contribution in [0.15, 0.2) is 18.2 Å². The van der Waals surface area contributed by atoms with Gasteiger partial charge in [0.2, 0.25) is 11.8 Å². The summed E-state index contributed by atoms with van der Waals surface area (Å²) in [6.07, 6.45) is 4.78. The summed E-state index contributed by atoms with van der Waals surface area (Å²) in [5.41, 5.74) is 0.965. The van der Waals surface area contributed by atoms with Crippen molar-refractivity contribution >= 4 is 11.8 Å². The maximum Gasteiger partial charge on any atom is 0.225 e. The van der Waals surface area contributed by atoms with Crippen LogP contribution >= 0.6 is 0 Å². The normalized spacial score (nSPS) is 17.7. The average Bonchev–Trinajstić information content (AvgIpc) is 3.51. The van der Waals surface area contributed by atoms with Crippen molar-refractivity contribution < 1.29 is 19.1 Å². The van der Waals surface area contributed by atoms with E-state index in [0.29, 0.717) is 18.7 Å². The fourth-order valence-electron chi connectivity index (χ4n) is 3.46. The highest BCUT2D eigenvalue weighted by Gasteiger charge is 2.35. The quantitative estimate of drug-likeness (QED) is 0.809. The van der Waals surface area contributed by atoms with Crippen LogP contribution in [0.2, 0.25) is 0 Å². The third-order valence-electron chi connectivity index (χ3n) is 5.21. The Morgan fingerprint density at radius 1 is 1.12 bits per heavy atom. The minimum Gasteiger partial charge on any atom is -0.497 e. The molecule has 0 bridgehead atoms. The van der Waals surface area contributed by atoms with Gasteiger partial charge in [-0.2, -0.15) is 0 Å². The van der Waals surface area contributed by atoms with Crippen LogP contribution in [0.3, 0.4) is 0 Å². The number of nitrogens with zero attached hydrogens (tertiary/aromatic N) is 1. The van der Waals surface area contributed by atoms with Crippen LogP contribution in [0, 0.1) is 5.92 Å². The predicted octanol–water partition coefficient (Wildman–Crippen LogP) is 2.15. The molecule has 1 saturated heterocycles. The molecule has 1 aliphatic heterocycles. The molecule has 0 aromatic heterocycles. The van der Waals surface area contributed by atoms with Crippen LogP contribution < -0.4 is 14.8 Å². The maximum absolute atomic E-state index is 12.3. The zero-order chi connectivity index (χ0) is 18.5. The van der Waals surface area contributed by atoms with Gasteiger partial charge >= 0.3 is 0 Å². The molecule has 2 amide bonds. The van der Waals surface area contributed by atoms with Crippen molar-refractivity contribution in [1.29, 1.82) is 0 Å². The highest BCUT2D eigenvalue weighted by Crippen LogP contribution is 2.32. The van der Waals surface area contributed by atoms with E-state index in [2.05, 4.69) is 5.32 Å². The largest absolute Gasteiger partial charge is 0.497 e. The Labute approximate surface area is 154 Å². The highest BCUT2D eigenvalue weighted by molar-refractivity contribution is 5.81. The molecule has 0 unspecified atom stereocenters. The number of carbonyl (C=O) groups excluding carboxylic acids is 2. The number of rotatable bonds is 7. The number of piperidine rings is 1. The number of likely N-dealkylation sites (tertiary alicyclic amines) is 1. The lowest BCUT2D eigenvalue weighted by Gasteiger charge is -2.32. The number of hydrogen-bond acceptors (Lipinski definition) is 4. The molecule has 0 atom stereocenters. The summed E-state index contributed by atoms with van der Waals surface area (Å²) in [6.45, 7) is 1.51. The molecule has 1 heterocycles. The summed E-state index contributed by atoms with van der Waals surface area (Å²) >= 11 is 0. The minimum atomic E-state index is 0.0434. The third kappa shape index (κ3) is 4.68. The van der Waals surface area contributed by atoms with E-state index in [4.69, 9.17) is 9.47 Å². The molecule has 2 aliphatic rings. The summed E-state index contributed by atoms with van der Waals surface area (Å²) in [7, 11) is 3.25. The van der Waals surface area contributed by atoms with Gasteiger partial charge in [-0.1, -0.05) is 0 Å². The molecular formula is C20H28N2O4. The zero-order valence-corrected chi connectivity index (χ0v) is 15.6. The Bertz CT molecular complexity index is 649. The van der Waals surface area contributed by atoms with Crippen molar-refractivity contribution in [2.75, 3.05) is 27.3 Å². The van der Waals surface area contributed by atoms with Crippen LogP contribution in [0.4, 0.5) is 0 Å². The Balaban J connectivity index is 1.44. The van der Waals surface area contributed by atoms with E-state index >= 15 is 0 Å². The second-order valence-corrected chi connectivity index (χ2v) is 7.12. The Kier molecular flexibility index (Phi) is 6.01. The smallest absolute Gasteiger partial charge is 0.225 e. The number of methoxy groups -OCH3 is 2. The number of ether oxygens (including phenoxy) is 2. The van der Waals surface area contributed by atoms with Crippen molar-refractivity contribution in [2.45, 2.75) is 44.6 Å². The molecule has 142 valence electrons. The summed E-state index contributed by atoms with van der Waals surface area (Å²) in [4.78, 5) is 26.3. The van der Waals surface area contributed by atoms with Gasteiger partial charge in [0.15, 0.2) is 0 Å². The number of amides is 2. The van der Waals surface area contributed by atoms with Gasteiger partial charge in [0.05, 0.1) is 14.2 Å². The Morgan fingerprint density at radius 2 is 1.85 bits per heavy atom. The van der Waals surface area contributed by atoms with Crippen LogP contribution in [0.1, 0.15) is 37.7 Å². The van der Waals surface area contributed by atoms with Gasteiger partial charge < -0.3 is 19.7 Å². The lowest BCUT2D eigenvalue weighted by Crippen LogP contribution is -2.47. The second kappa shape index (κ2) is 8.43. The molecule has 1 aromatic carbocycles. The fourth-order valence-corrected chi connectivity index (χ4v) is 3.46. The van der Waals surface area contributed by atoms with Crippen LogP contribution in [-0.4, -0.2) is 50.1 Å². The molecule has 1 N–H and O–H groups in total. The second-order valence-electron chi connectivity index (χ2n) is 7.12. The molecule has 1 aromatic rings. The average molecular weight is 360 g/mol. The number of nitrogens with one attached hydrogen (secondary N) is 1. The molecular weight excluding hydrogens is 332 g/mol. The number of hydrogen-bond donors (Lipinski definition) is 1. The Hall–Kier alpha value is -2.24. The van der Waals surface area contributed by atoms with E-state index in [1.807, 2.05) is 23.1 Å². The molecule has 0 spiro atoms.